The van der Waals surface area contributed by atoms with Gasteiger partial charge in [-0.1, -0.05) is 17.7 Å². The van der Waals surface area contributed by atoms with E-state index in [-0.39, 0.29) is 10.7 Å². The number of amides is 1. The molecule has 1 heterocycles. The molecule has 0 aliphatic heterocycles. The SMILES string of the molecule is Cc1ccc(NC(=O)COC(=O)c2cccnc2Cl)cc1C. The Hall–Kier alpha value is -2.40. The molecule has 0 bridgehead atoms. The molecule has 1 amide bonds. The summed E-state index contributed by atoms with van der Waals surface area (Å²) in [6.45, 7) is 3.55. The highest BCUT2D eigenvalue weighted by molar-refractivity contribution is 6.32. The van der Waals surface area contributed by atoms with E-state index in [0.29, 0.717) is 5.69 Å². The largest absolute Gasteiger partial charge is 0.452 e. The van der Waals surface area contributed by atoms with E-state index in [1.807, 2.05) is 26.0 Å². The summed E-state index contributed by atoms with van der Waals surface area (Å²) in [7, 11) is 0. The Morgan fingerprint density at radius 2 is 2.00 bits per heavy atom. The van der Waals surface area contributed by atoms with Crippen molar-refractivity contribution >= 4 is 29.2 Å². The number of benzene rings is 1. The number of anilines is 1. The number of halogens is 1. The second kappa shape index (κ2) is 7.04. The standard InChI is InChI=1S/C16H15ClN2O3/c1-10-5-6-12(8-11(10)2)19-14(20)9-22-16(21)13-4-3-7-18-15(13)17/h3-8H,9H2,1-2H3,(H,19,20). The van der Waals surface area contributed by atoms with Crippen molar-refractivity contribution in [2.75, 3.05) is 11.9 Å². The summed E-state index contributed by atoms with van der Waals surface area (Å²) in [5, 5.41) is 2.71. The lowest BCUT2D eigenvalue weighted by Crippen LogP contribution is -2.21. The Morgan fingerprint density at radius 1 is 1.23 bits per heavy atom. The van der Waals surface area contributed by atoms with Crippen molar-refractivity contribution < 1.29 is 14.3 Å². The molecule has 0 saturated heterocycles. The maximum Gasteiger partial charge on any atom is 0.341 e. The zero-order chi connectivity index (χ0) is 16.1. The van der Waals surface area contributed by atoms with E-state index in [2.05, 4.69) is 10.3 Å². The molecule has 0 aliphatic rings. The van der Waals surface area contributed by atoms with Crippen LogP contribution >= 0.6 is 11.6 Å². The van der Waals surface area contributed by atoms with Gasteiger partial charge >= 0.3 is 5.97 Å². The zero-order valence-electron chi connectivity index (χ0n) is 12.2. The Balaban J connectivity index is 1.91. The Kier molecular flexibility index (Phi) is 5.12. The summed E-state index contributed by atoms with van der Waals surface area (Å²) in [4.78, 5) is 27.4. The lowest BCUT2D eigenvalue weighted by atomic mass is 10.1. The van der Waals surface area contributed by atoms with Crippen molar-refractivity contribution in [2.24, 2.45) is 0 Å². The van der Waals surface area contributed by atoms with E-state index in [1.165, 1.54) is 12.3 Å². The van der Waals surface area contributed by atoms with Gasteiger partial charge in [0, 0.05) is 11.9 Å². The zero-order valence-corrected chi connectivity index (χ0v) is 13.0. The molecular formula is C16H15ClN2O3. The summed E-state index contributed by atoms with van der Waals surface area (Å²) in [5.74, 6) is -1.11. The van der Waals surface area contributed by atoms with Gasteiger partial charge in [-0.25, -0.2) is 9.78 Å². The lowest BCUT2D eigenvalue weighted by Gasteiger charge is -2.08. The maximum absolute atomic E-state index is 11.8. The van der Waals surface area contributed by atoms with Crippen LogP contribution in [0.5, 0.6) is 0 Å². The first-order valence-corrected chi connectivity index (χ1v) is 7.00. The fourth-order valence-electron chi connectivity index (χ4n) is 1.76. The highest BCUT2D eigenvalue weighted by Crippen LogP contribution is 2.15. The van der Waals surface area contributed by atoms with E-state index in [9.17, 15) is 9.59 Å². The van der Waals surface area contributed by atoms with Crippen LogP contribution in [0.25, 0.3) is 0 Å². The number of hydrogen-bond acceptors (Lipinski definition) is 4. The fraction of sp³-hybridized carbons (Fsp3) is 0.188. The van der Waals surface area contributed by atoms with Crippen molar-refractivity contribution in [3.05, 3.63) is 58.4 Å². The lowest BCUT2D eigenvalue weighted by molar-refractivity contribution is -0.119. The molecule has 22 heavy (non-hydrogen) atoms. The molecule has 0 fully saturated rings. The van der Waals surface area contributed by atoms with Gasteiger partial charge in [-0.15, -0.1) is 0 Å². The van der Waals surface area contributed by atoms with Crippen LogP contribution < -0.4 is 5.32 Å². The number of nitrogens with one attached hydrogen (secondary N) is 1. The predicted molar refractivity (Wildman–Crippen MR) is 84.1 cm³/mol. The van der Waals surface area contributed by atoms with E-state index in [4.69, 9.17) is 16.3 Å². The Labute approximate surface area is 133 Å². The fourth-order valence-corrected chi connectivity index (χ4v) is 1.96. The van der Waals surface area contributed by atoms with Gasteiger partial charge in [0.25, 0.3) is 5.91 Å². The van der Waals surface area contributed by atoms with Gasteiger partial charge in [0.15, 0.2) is 6.61 Å². The van der Waals surface area contributed by atoms with Gasteiger partial charge in [-0.05, 0) is 49.2 Å². The van der Waals surface area contributed by atoms with Crippen LogP contribution in [0.2, 0.25) is 5.15 Å². The molecule has 2 rings (SSSR count). The minimum Gasteiger partial charge on any atom is -0.452 e. The van der Waals surface area contributed by atoms with Gasteiger partial charge in [-0.3, -0.25) is 4.79 Å². The van der Waals surface area contributed by atoms with Gasteiger partial charge < -0.3 is 10.1 Å². The second-order valence-corrected chi connectivity index (χ2v) is 5.12. The number of nitrogens with zero attached hydrogens (tertiary/aromatic N) is 1. The normalized spacial score (nSPS) is 10.1. The quantitative estimate of drug-likeness (QED) is 0.694. The summed E-state index contributed by atoms with van der Waals surface area (Å²) < 4.78 is 4.92. The maximum atomic E-state index is 11.8. The number of carbonyl (C=O) groups excluding carboxylic acids is 2. The summed E-state index contributed by atoms with van der Waals surface area (Å²) in [6.07, 6.45) is 1.46. The third-order valence-corrected chi connectivity index (χ3v) is 3.41. The number of ether oxygens (including phenoxy) is 1. The smallest absolute Gasteiger partial charge is 0.341 e. The van der Waals surface area contributed by atoms with Crippen molar-refractivity contribution in [3.63, 3.8) is 0 Å². The summed E-state index contributed by atoms with van der Waals surface area (Å²) in [6, 6.07) is 8.61. The number of carbonyl (C=O) groups is 2. The topological polar surface area (TPSA) is 68.3 Å². The average molecular weight is 319 g/mol. The number of pyridine rings is 1. The van der Waals surface area contributed by atoms with Crippen LogP contribution in [0.15, 0.2) is 36.5 Å². The van der Waals surface area contributed by atoms with Crippen LogP contribution in [0.3, 0.4) is 0 Å². The highest BCUT2D eigenvalue weighted by Gasteiger charge is 2.14. The molecule has 1 aromatic carbocycles. The van der Waals surface area contributed by atoms with E-state index in [1.54, 1.807) is 12.1 Å². The molecule has 1 aromatic heterocycles. The van der Waals surface area contributed by atoms with Gasteiger partial charge in [0.2, 0.25) is 0 Å². The first-order chi connectivity index (χ1) is 10.5. The van der Waals surface area contributed by atoms with Crippen molar-refractivity contribution in [1.82, 2.24) is 4.98 Å². The van der Waals surface area contributed by atoms with Crippen LogP contribution in [-0.4, -0.2) is 23.5 Å². The highest BCUT2D eigenvalue weighted by atomic mass is 35.5. The van der Waals surface area contributed by atoms with Gasteiger partial charge in [-0.2, -0.15) is 0 Å². The van der Waals surface area contributed by atoms with Crippen LogP contribution in [-0.2, 0) is 9.53 Å². The Morgan fingerprint density at radius 3 is 2.68 bits per heavy atom. The number of esters is 1. The van der Waals surface area contributed by atoms with Crippen LogP contribution in [0, 0.1) is 13.8 Å². The first-order valence-electron chi connectivity index (χ1n) is 6.62. The number of aromatic nitrogens is 1. The number of rotatable bonds is 4. The van der Waals surface area contributed by atoms with E-state index >= 15 is 0 Å². The molecule has 1 N–H and O–H groups in total. The first kappa shape index (κ1) is 16.0. The monoisotopic (exact) mass is 318 g/mol. The van der Waals surface area contributed by atoms with Crippen molar-refractivity contribution in [1.29, 1.82) is 0 Å². The molecule has 0 unspecified atom stereocenters. The molecule has 0 spiro atoms. The van der Waals surface area contributed by atoms with Crippen LogP contribution in [0.4, 0.5) is 5.69 Å². The average Bonchev–Trinajstić information content (AvgIpc) is 2.49. The molecular weight excluding hydrogens is 304 g/mol. The number of hydrogen-bond donors (Lipinski definition) is 1. The summed E-state index contributed by atoms with van der Waals surface area (Å²) in [5.41, 5.74) is 2.99. The molecule has 0 saturated carbocycles. The molecule has 0 aliphatic carbocycles. The molecule has 0 atom stereocenters. The molecule has 5 nitrogen and oxygen atoms in total. The molecule has 114 valence electrons. The van der Waals surface area contributed by atoms with Crippen molar-refractivity contribution in [2.45, 2.75) is 13.8 Å². The van der Waals surface area contributed by atoms with Crippen LogP contribution in [0.1, 0.15) is 21.5 Å². The number of aryl methyl sites for hydroxylation is 2. The summed E-state index contributed by atoms with van der Waals surface area (Å²) >= 11 is 5.78. The molecule has 6 heteroatoms. The minimum absolute atomic E-state index is 0.0436. The van der Waals surface area contributed by atoms with Crippen molar-refractivity contribution in [3.8, 4) is 0 Å². The predicted octanol–water partition coefficient (Wildman–Crippen LogP) is 3.15. The van der Waals surface area contributed by atoms with Gasteiger partial charge in [0.1, 0.15) is 5.15 Å². The van der Waals surface area contributed by atoms with E-state index < -0.39 is 18.5 Å². The minimum atomic E-state index is -0.687. The Bertz CT molecular complexity index is 716. The van der Waals surface area contributed by atoms with Gasteiger partial charge in [0.05, 0.1) is 5.56 Å². The molecule has 2 aromatic rings. The third-order valence-electron chi connectivity index (χ3n) is 3.10. The molecule has 0 radical (unpaired) electrons. The van der Waals surface area contributed by atoms with E-state index in [0.717, 1.165) is 11.1 Å². The second-order valence-electron chi connectivity index (χ2n) is 4.77. The third kappa shape index (κ3) is 4.05.